The van der Waals surface area contributed by atoms with Crippen LogP contribution in [-0.4, -0.2) is 37.8 Å². The van der Waals surface area contributed by atoms with E-state index in [4.69, 9.17) is 4.74 Å². The zero-order valence-electron chi connectivity index (χ0n) is 16.0. The summed E-state index contributed by atoms with van der Waals surface area (Å²) in [6.45, 7) is 2.47. The van der Waals surface area contributed by atoms with Crippen molar-refractivity contribution in [3.05, 3.63) is 54.6 Å². The summed E-state index contributed by atoms with van der Waals surface area (Å²) < 4.78 is 33.0. The van der Waals surface area contributed by atoms with Gasteiger partial charge in [-0.25, -0.2) is 8.42 Å². The molecule has 0 aromatic heterocycles. The number of hydrogen-bond donors (Lipinski definition) is 1. The van der Waals surface area contributed by atoms with E-state index in [0.29, 0.717) is 18.0 Å². The number of anilines is 1. The van der Waals surface area contributed by atoms with Crippen LogP contribution in [0.4, 0.5) is 5.69 Å². The molecule has 1 atom stereocenters. The zero-order chi connectivity index (χ0) is 20.0. The van der Waals surface area contributed by atoms with Crippen LogP contribution in [0.25, 0.3) is 0 Å². The third-order valence-corrected chi connectivity index (χ3v) is 6.87. The third kappa shape index (κ3) is 4.91. The third-order valence-electron chi connectivity index (χ3n) is 4.90. The maximum Gasteiger partial charge on any atom is 0.262 e. The van der Waals surface area contributed by atoms with E-state index in [1.807, 2.05) is 25.1 Å². The van der Waals surface area contributed by atoms with Gasteiger partial charge in [-0.3, -0.25) is 4.79 Å². The molecule has 28 heavy (non-hydrogen) atoms. The van der Waals surface area contributed by atoms with Gasteiger partial charge in [0.05, 0.1) is 4.90 Å². The second-order valence-corrected chi connectivity index (χ2v) is 8.74. The Morgan fingerprint density at radius 3 is 2.50 bits per heavy atom. The number of hydrogen-bond acceptors (Lipinski definition) is 4. The van der Waals surface area contributed by atoms with Crippen molar-refractivity contribution in [2.75, 3.05) is 18.5 Å². The number of sulfonamides is 1. The van der Waals surface area contributed by atoms with Gasteiger partial charge in [-0.2, -0.15) is 4.31 Å². The molecule has 1 saturated heterocycles. The van der Waals surface area contributed by atoms with Crippen molar-refractivity contribution in [2.24, 2.45) is 0 Å². The van der Waals surface area contributed by atoms with Crippen LogP contribution in [0.5, 0.6) is 5.75 Å². The van der Waals surface area contributed by atoms with Gasteiger partial charge in [0.1, 0.15) is 5.75 Å². The fraction of sp³-hybridized carbons (Fsp3) is 0.381. The Balaban J connectivity index is 1.61. The molecule has 1 unspecified atom stereocenters. The van der Waals surface area contributed by atoms with E-state index in [0.717, 1.165) is 25.7 Å². The van der Waals surface area contributed by atoms with Crippen molar-refractivity contribution in [2.45, 2.75) is 43.5 Å². The number of amides is 1. The molecule has 1 heterocycles. The van der Waals surface area contributed by atoms with Crippen molar-refractivity contribution in [3.8, 4) is 5.75 Å². The lowest BCUT2D eigenvalue weighted by Crippen LogP contribution is -2.43. The number of piperidine rings is 1. The van der Waals surface area contributed by atoms with Crippen LogP contribution in [0.1, 0.15) is 32.6 Å². The summed E-state index contributed by atoms with van der Waals surface area (Å²) in [4.78, 5) is 12.3. The summed E-state index contributed by atoms with van der Waals surface area (Å²) in [7, 11) is -3.52. The van der Waals surface area contributed by atoms with Gasteiger partial charge in [-0.15, -0.1) is 0 Å². The molecule has 0 radical (unpaired) electrons. The number of carbonyl (C=O) groups excluding carboxylic acids is 1. The van der Waals surface area contributed by atoms with Crippen LogP contribution in [-0.2, 0) is 14.8 Å². The lowest BCUT2D eigenvalue weighted by Gasteiger charge is -2.34. The Kier molecular flexibility index (Phi) is 6.70. The molecule has 0 bridgehead atoms. The predicted molar refractivity (Wildman–Crippen MR) is 109 cm³/mol. The standard InChI is InChI=1S/C21H26N2O4S/c1-2-18-8-6-7-15-23(18)28(25,26)20-13-11-17(12-14-20)22-21(24)16-27-19-9-4-3-5-10-19/h3-5,9-14,18H,2,6-8,15-16H2,1H3,(H,22,24). The smallest absolute Gasteiger partial charge is 0.262 e. The molecular formula is C21H26N2O4S. The Labute approximate surface area is 166 Å². The highest BCUT2D eigenvalue weighted by molar-refractivity contribution is 7.89. The molecule has 2 aromatic carbocycles. The van der Waals surface area contributed by atoms with Crippen LogP contribution in [0.2, 0.25) is 0 Å². The molecule has 7 heteroatoms. The van der Waals surface area contributed by atoms with E-state index >= 15 is 0 Å². The quantitative estimate of drug-likeness (QED) is 0.767. The van der Waals surface area contributed by atoms with E-state index in [9.17, 15) is 13.2 Å². The first-order valence-corrected chi connectivity index (χ1v) is 11.0. The van der Waals surface area contributed by atoms with E-state index < -0.39 is 10.0 Å². The lowest BCUT2D eigenvalue weighted by atomic mass is 10.0. The van der Waals surface area contributed by atoms with E-state index in [-0.39, 0.29) is 23.5 Å². The summed E-state index contributed by atoms with van der Waals surface area (Å²) in [5.74, 6) is 0.313. The molecule has 1 N–H and O–H groups in total. The van der Waals surface area contributed by atoms with Crippen LogP contribution in [0, 0.1) is 0 Å². The number of nitrogens with one attached hydrogen (secondary N) is 1. The number of para-hydroxylation sites is 1. The first kappa shape index (κ1) is 20.4. The highest BCUT2D eigenvalue weighted by Gasteiger charge is 2.32. The minimum absolute atomic E-state index is 0.0632. The van der Waals surface area contributed by atoms with E-state index in [1.54, 1.807) is 40.7 Å². The van der Waals surface area contributed by atoms with Gasteiger partial charge >= 0.3 is 0 Å². The van der Waals surface area contributed by atoms with Crippen LogP contribution in [0.15, 0.2) is 59.5 Å². The molecule has 3 rings (SSSR count). The fourth-order valence-corrected chi connectivity index (χ4v) is 5.17. The molecule has 1 fully saturated rings. The summed E-state index contributed by atoms with van der Waals surface area (Å²) >= 11 is 0. The minimum Gasteiger partial charge on any atom is -0.484 e. The average Bonchev–Trinajstić information content (AvgIpc) is 2.73. The number of rotatable bonds is 7. The van der Waals surface area contributed by atoms with E-state index in [1.165, 1.54) is 0 Å². The molecule has 1 aliphatic heterocycles. The molecule has 0 spiro atoms. The maximum atomic E-state index is 13.0. The number of benzene rings is 2. The molecule has 1 amide bonds. The summed E-state index contributed by atoms with van der Waals surface area (Å²) in [6.07, 6.45) is 3.69. The largest absolute Gasteiger partial charge is 0.484 e. The summed E-state index contributed by atoms with van der Waals surface area (Å²) in [5.41, 5.74) is 0.534. The highest BCUT2D eigenvalue weighted by atomic mass is 32.2. The SMILES string of the molecule is CCC1CCCCN1S(=O)(=O)c1ccc(NC(=O)COc2ccccc2)cc1. The topological polar surface area (TPSA) is 75.7 Å². The second-order valence-electron chi connectivity index (χ2n) is 6.85. The van der Waals surface area contributed by atoms with Crippen molar-refractivity contribution >= 4 is 21.6 Å². The van der Waals surface area contributed by atoms with Gasteiger partial charge in [0.15, 0.2) is 6.61 Å². The fourth-order valence-electron chi connectivity index (χ4n) is 3.41. The summed E-state index contributed by atoms with van der Waals surface area (Å²) in [5, 5.41) is 2.72. The molecule has 0 aliphatic carbocycles. The normalized spacial score (nSPS) is 17.8. The zero-order valence-corrected chi connectivity index (χ0v) is 16.8. The summed E-state index contributed by atoms with van der Waals surface area (Å²) in [6, 6.07) is 15.5. The van der Waals surface area contributed by atoms with Gasteiger partial charge < -0.3 is 10.1 Å². The van der Waals surface area contributed by atoms with Crippen LogP contribution >= 0.6 is 0 Å². The molecule has 2 aromatic rings. The molecular weight excluding hydrogens is 376 g/mol. The van der Waals surface area contributed by atoms with Gasteiger partial charge in [0.2, 0.25) is 10.0 Å². The van der Waals surface area contributed by atoms with Gasteiger partial charge in [0, 0.05) is 18.3 Å². The lowest BCUT2D eigenvalue weighted by molar-refractivity contribution is -0.118. The Bertz CT molecular complexity index is 882. The molecule has 6 nitrogen and oxygen atoms in total. The van der Waals surface area contributed by atoms with Crippen molar-refractivity contribution in [1.82, 2.24) is 4.31 Å². The monoisotopic (exact) mass is 402 g/mol. The van der Waals surface area contributed by atoms with Crippen molar-refractivity contribution < 1.29 is 17.9 Å². The maximum absolute atomic E-state index is 13.0. The van der Waals surface area contributed by atoms with Crippen LogP contribution in [0.3, 0.4) is 0 Å². The first-order chi connectivity index (χ1) is 13.5. The Morgan fingerprint density at radius 1 is 1.11 bits per heavy atom. The number of nitrogens with zero attached hydrogens (tertiary/aromatic N) is 1. The second kappa shape index (κ2) is 9.21. The van der Waals surface area contributed by atoms with Gasteiger partial charge in [-0.1, -0.05) is 31.5 Å². The average molecular weight is 403 g/mol. The predicted octanol–water partition coefficient (Wildman–Crippen LogP) is 3.66. The minimum atomic E-state index is -3.52. The molecule has 150 valence electrons. The van der Waals surface area contributed by atoms with Crippen molar-refractivity contribution in [1.29, 1.82) is 0 Å². The van der Waals surface area contributed by atoms with Gasteiger partial charge in [0.25, 0.3) is 5.91 Å². The van der Waals surface area contributed by atoms with Crippen molar-refractivity contribution in [3.63, 3.8) is 0 Å². The highest BCUT2D eigenvalue weighted by Crippen LogP contribution is 2.27. The Hall–Kier alpha value is -2.38. The Morgan fingerprint density at radius 2 is 1.82 bits per heavy atom. The number of carbonyl (C=O) groups is 1. The molecule has 0 saturated carbocycles. The first-order valence-electron chi connectivity index (χ1n) is 9.60. The van der Waals surface area contributed by atoms with Gasteiger partial charge in [-0.05, 0) is 55.7 Å². The van der Waals surface area contributed by atoms with E-state index in [2.05, 4.69) is 5.32 Å². The number of ether oxygens (including phenoxy) is 1. The van der Waals surface area contributed by atoms with Crippen LogP contribution < -0.4 is 10.1 Å². The molecule has 1 aliphatic rings.